The van der Waals surface area contributed by atoms with Crippen LogP contribution >= 0.6 is 0 Å². The lowest BCUT2D eigenvalue weighted by molar-refractivity contribution is -0.0893. The van der Waals surface area contributed by atoms with Crippen molar-refractivity contribution in [2.45, 2.75) is 63.3 Å². The van der Waals surface area contributed by atoms with E-state index in [1.807, 2.05) is 39.8 Å². The van der Waals surface area contributed by atoms with Gasteiger partial charge < -0.3 is 29.4 Å². The Bertz CT molecular complexity index is 1320. The summed E-state index contributed by atoms with van der Waals surface area (Å²) in [6, 6.07) is 9.39. The summed E-state index contributed by atoms with van der Waals surface area (Å²) in [5, 5.41) is 23.4. The molecule has 1 aliphatic carbocycles. The number of aryl methyl sites for hydroxylation is 1. The molecule has 5 rings (SSSR count). The quantitative estimate of drug-likeness (QED) is 0.355. The molecule has 0 spiro atoms. The second-order valence-electron chi connectivity index (χ2n) is 10.7. The Labute approximate surface area is 239 Å². The molecule has 0 radical (unpaired) electrons. The van der Waals surface area contributed by atoms with E-state index < -0.39 is 11.6 Å². The van der Waals surface area contributed by atoms with Crippen molar-refractivity contribution < 1.29 is 24.2 Å². The number of hydrogen-bond acceptors (Lipinski definition) is 9. The first-order valence-corrected chi connectivity index (χ1v) is 14.4. The molecule has 1 saturated carbocycles. The van der Waals surface area contributed by atoms with E-state index in [2.05, 4.69) is 20.5 Å². The average molecular weight is 566 g/mol. The van der Waals surface area contributed by atoms with Gasteiger partial charge in [-0.05, 0) is 26.2 Å². The summed E-state index contributed by atoms with van der Waals surface area (Å²) in [6.45, 7) is 4.48. The molecule has 0 unspecified atom stereocenters. The number of ether oxygens (including phenoxy) is 2. The maximum Gasteiger partial charge on any atom is 0.360 e. The Hall–Kier alpha value is -3.61. The molecule has 3 atom stereocenters. The highest BCUT2D eigenvalue weighted by molar-refractivity contribution is 5.98. The van der Waals surface area contributed by atoms with E-state index in [0.717, 1.165) is 24.8 Å². The van der Waals surface area contributed by atoms with Crippen LogP contribution in [0.4, 0.5) is 0 Å². The van der Waals surface area contributed by atoms with Gasteiger partial charge >= 0.3 is 5.97 Å². The van der Waals surface area contributed by atoms with Crippen molar-refractivity contribution in [3.63, 3.8) is 0 Å². The molecule has 0 bridgehead atoms. The second kappa shape index (κ2) is 12.9. The van der Waals surface area contributed by atoms with E-state index in [-0.39, 0.29) is 36.9 Å². The van der Waals surface area contributed by atoms with Gasteiger partial charge in [0.15, 0.2) is 11.4 Å². The first-order chi connectivity index (χ1) is 19.9. The standard InChI is InChI=1S/C29H39N7O5/c1-3-41-28(38)23-18-32-36(33-23)15-12-22-17-30-14-16-34(22)27(37)25-26(21-9-5-4-6-10-21)35(20-31-25)24-11-7-8-13-29(24,39)19-40-2/h4-6,9-10,18,20,22,24,30,39H,3,7-8,11-17,19H2,1-2H3/t22-,24-,29-/m1/s1. The van der Waals surface area contributed by atoms with Gasteiger partial charge in [0.1, 0.15) is 5.60 Å². The number of piperazine rings is 1. The highest BCUT2D eigenvalue weighted by Gasteiger charge is 2.42. The van der Waals surface area contributed by atoms with Crippen molar-refractivity contribution in [3.05, 3.63) is 54.2 Å². The van der Waals surface area contributed by atoms with Gasteiger partial charge in [0.25, 0.3) is 5.91 Å². The van der Waals surface area contributed by atoms with Gasteiger partial charge in [0.2, 0.25) is 0 Å². The molecule has 41 heavy (non-hydrogen) atoms. The van der Waals surface area contributed by atoms with Gasteiger partial charge in [-0.25, -0.2) is 9.78 Å². The van der Waals surface area contributed by atoms with E-state index >= 15 is 0 Å². The number of carbonyl (C=O) groups excluding carboxylic acids is 2. The molecule has 220 valence electrons. The zero-order chi connectivity index (χ0) is 28.8. The molecule has 1 aliphatic heterocycles. The summed E-state index contributed by atoms with van der Waals surface area (Å²) in [5.41, 5.74) is 1.07. The van der Waals surface area contributed by atoms with Crippen LogP contribution in [0.15, 0.2) is 42.9 Å². The van der Waals surface area contributed by atoms with Crippen LogP contribution in [-0.2, 0) is 16.0 Å². The third-order valence-electron chi connectivity index (χ3n) is 8.03. The number of benzene rings is 1. The fraction of sp³-hybridized carbons (Fsp3) is 0.552. The van der Waals surface area contributed by atoms with Crippen molar-refractivity contribution in [1.29, 1.82) is 0 Å². The van der Waals surface area contributed by atoms with E-state index in [1.54, 1.807) is 20.4 Å². The van der Waals surface area contributed by atoms with Crippen molar-refractivity contribution in [2.75, 3.05) is 40.0 Å². The van der Waals surface area contributed by atoms with Crippen LogP contribution in [0.3, 0.4) is 0 Å². The second-order valence-corrected chi connectivity index (χ2v) is 10.7. The minimum absolute atomic E-state index is 0.123. The summed E-state index contributed by atoms with van der Waals surface area (Å²) in [6.07, 6.45) is 6.99. The molecule has 3 aromatic rings. The molecule has 1 amide bonds. The Kier molecular flexibility index (Phi) is 9.11. The molecule has 2 fully saturated rings. The van der Waals surface area contributed by atoms with Crippen LogP contribution in [0, 0.1) is 0 Å². The number of nitrogens with zero attached hydrogens (tertiary/aromatic N) is 6. The van der Waals surface area contributed by atoms with E-state index in [1.165, 1.54) is 11.0 Å². The Morgan fingerprint density at radius 1 is 1.22 bits per heavy atom. The first-order valence-electron chi connectivity index (χ1n) is 14.4. The SMILES string of the molecule is CCOC(=O)c1cnn(CC[C@@H]2CNCCN2C(=O)c2ncn([C@@H]3CCCC[C@@]3(O)COC)c2-c2ccccc2)n1. The largest absolute Gasteiger partial charge is 0.461 e. The van der Waals surface area contributed by atoms with Crippen LogP contribution in [0.5, 0.6) is 0 Å². The number of imidazole rings is 1. The Morgan fingerprint density at radius 2 is 2.05 bits per heavy atom. The first kappa shape index (κ1) is 28.9. The molecule has 1 aromatic carbocycles. The van der Waals surface area contributed by atoms with E-state index in [4.69, 9.17) is 9.47 Å². The van der Waals surface area contributed by atoms with Crippen LogP contribution in [0.2, 0.25) is 0 Å². The third kappa shape index (κ3) is 6.19. The van der Waals surface area contributed by atoms with Gasteiger partial charge in [-0.2, -0.15) is 9.90 Å². The minimum Gasteiger partial charge on any atom is -0.461 e. The van der Waals surface area contributed by atoms with Gasteiger partial charge in [-0.1, -0.05) is 43.2 Å². The van der Waals surface area contributed by atoms with Gasteiger partial charge in [-0.3, -0.25) is 4.79 Å². The maximum atomic E-state index is 14.2. The van der Waals surface area contributed by atoms with E-state index in [9.17, 15) is 14.7 Å². The number of nitrogens with one attached hydrogen (secondary N) is 1. The van der Waals surface area contributed by atoms with Gasteiger partial charge in [0.05, 0.1) is 44.0 Å². The van der Waals surface area contributed by atoms with Crippen molar-refractivity contribution in [3.8, 4) is 11.3 Å². The lowest BCUT2D eigenvalue weighted by Gasteiger charge is -2.41. The summed E-state index contributed by atoms with van der Waals surface area (Å²) in [4.78, 5) is 34.2. The smallest absolute Gasteiger partial charge is 0.360 e. The summed E-state index contributed by atoms with van der Waals surface area (Å²) < 4.78 is 12.4. The van der Waals surface area contributed by atoms with Gasteiger partial charge in [-0.15, -0.1) is 5.10 Å². The fourth-order valence-corrected chi connectivity index (χ4v) is 6.05. The monoisotopic (exact) mass is 565 g/mol. The van der Waals surface area contributed by atoms with Crippen LogP contribution in [0.1, 0.15) is 66.0 Å². The zero-order valence-electron chi connectivity index (χ0n) is 23.7. The number of hydrogen-bond donors (Lipinski definition) is 2. The number of carbonyl (C=O) groups is 2. The summed E-state index contributed by atoms with van der Waals surface area (Å²) in [7, 11) is 1.60. The molecular weight excluding hydrogens is 526 g/mol. The molecule has 2 aliphatic rings. The predicted molar refractivity (Wildman–Crippen MR) is 150 cm³/mol. The van der Waals surface area contributed by atoms with E-state index in [0.29, 0.717) is 50.4 Å². The normalized spacial score (nSPS) is 23.0. The topological polar surface area (TPSA) is 137 Å². The predicted octanol–water partition coefficient (Wildman–Crippen LogP) is 2.32. The van der Waals surface area contributed by atoms with Crippen LogP contribution in [-0.4, -0.2) is 98.0 Å². The van der Waals surface area contributed by atoms with Crippen LogP contribution in [0.25, 0.3) is 11.3 Å². The number of esters is 1. The molecule has 2 aromatic heterocycles. The lowest BCUT2D eigenvalue weighted by Crippen LogP contribution is -2.54. The summed E-state index contributed by atoms with van der Waals surface area (Å²) >= 11 is 0. The zero-order valence-corrected chi connectivity index (χ0v) is 23.7. The maximum absolute atomic E-state index is 14.2. The lowest BCUT2D eigenvalue weighted by atomic mass is 9.80. The molecule has 3 heterocycles. The Morgan fingerprint density at radius 3 is 2.83 bits per heavy atom. The fourth-order valence-electron chi connectivity index (χ4n) is 6.05. The number of aliphatic hydroxyl groups is 1. The summed E-state index contributed by atoms with van der Waals surface area (Å²) in [5.74, 6) is -0.657. The highest BCUT2D eigenvalue weighted by Crippen LogP contribution is 2.41. The molecule has 12 nitrogen and oxygen atoms in total. The minimum atomic E-state index is -1.05. The van der Waals surface area contributed by atoms with Crippen LogP contribution < -0.4 is 5.32 Å². The van der Waals surface area contributed by atoms with Gasteiger partial charge in [0, 0.05) is 38.3 Å². The number of amides is 1. The molecule has 2 N–H and O–H groups in total. The van der Waals surface area contributed by atoms with Crippen molar-refractivity contribution >= 4 is 11.9 Å². The number of aromatic nitrogens is 5. The Balaban J connectivity index is 1.42. The number of methoxy groups -OCH3 is 1. The molecule has 12 heteroatoms. The molecule has 1 saturated heterocycles. The average Bonchev–Trinajstić information content (AvgIpc) is 3.65. The highest BCUT2D eigenvalue weighted by atomic mass is 16.5. The number of rotatable bonds is 10. The molecular formula is C29H39N7O5. The third-order valence-corrected chi connectivity index (χ3v) is 8.03. The van der Waals surface area contributed by atoms with Crippen molar-refractivity contribution in [2.24, 2.45) is 0 Å². The van der Waals surface area contributed by atoms with Crippen molar-refractivity contribution in [1.82, 2.24) is 34.8 Å².